The van der Waals surface area contributed by atoms with E-state index in [1.165, 1.54) is 13.0 Å². The SMILES string of the molecule is CC1CC(C)C(C)N(CC2(CO)CCOC2)C1. The average Bonchev–Trinajstić information content (AvgIpc) is 2.74. The third-order valence-electron chi connectivity index (χ3n) is 4.78. The summed E-state index contributed by atoms with van der Waals surface area (Å²) in [5.74, 6) is 1.54. The van der Waals surface area contributed by atoms with Gasteiger partial charge < -0.3 is 9.84 Å². The highest BCUT2D eigenvalue weighted by Gasteiger charge is 2.39. The standard InChI is InChI=1S/C14H27NO2/c1-11-6-12(2)13(3)15(7-11)8-14(9-16)4-5-17-10-14/h11-13,16H,4-10H2,1-3H3. The van der Waals surface area contributed by atoms with Crippen LogP contribution in [0.2, 0.25) is 0 Å². The summed E-state index contributed by atoms with van der Waals surface area (Å²) in [4.78, 5) is 2.57. The molecule has 0 aromatic carbocycles. The lowest BCUT2D eigenvalue weighted by atomic mass is 9.82. The first kappa shape index (κ1) is 13.3. The Labute approximate surface area is 105 Å². The van der Waals surface area contributed by atoms with E-state index in [9.17, 15) is 5.11 Å². The molecule has 4 unspecified atom stereocenters. The van der Waals surface area contributed by atoms with Crippen LogP contribution < -0.4 is 0 Å². The molecule has 100 valence electrons. The highest BCUT2D eigenvalue weighted by molar-refractivity contribution is 4.90. The van der Waals surface area contributed by atoms with Crippen LogP contribution in [0.4, 0.5) is 0 Å². The van der Waals surface area contributed by atoms with E-state index in [0.29, 0.717) is 6.04 Å². The molecule has 0 amide bonds. The van der Waals surface area contributed by atoms with Gasteiger partial charge in [-0.1, -0.05) is 13.8 Å². The van der Waals surface area contributed by atoms with Crippen LogP contribution in [-0.4, -0.2) is 49.0 Å². The molecule has 0 aliphatic carbocycles. The van der Waals surface area contributed by atoms with Crippen molar-refractivity contribution in [1.29, 1.82) is 0 Å². The Morgan fingerprint density at radius 3 is 2.71 bits per heavy atom. The normalized spacial score (nSPS) is 44.1. The van der Waals surface area contributed by atoms with Crippen LogP contribution in [0.3, 0.4) is 0 Å². The summed E-state index contributed by atoms with van der Waals surface area (Å²) in [6.07, 6.45) is 2.34. The van der Waals surface area contributed by atoms with Crippen LogP contribution in [0.15, 0.2) is 0 Å². The van der Waals surface area contributed by atoms with Crippen molar-refractivity contribution in [3.63, 3.8) is 0 Å². The number of ether oxygens (including phenoxy) is 1. The molecule has 0 saturated carbocycles. The average molecular weight is 241 g/mol. The van der Waals surface area contributed by atoms with Gasteiger partial charge in [-0.15, -0.1) is 0 Å². The Hall–Kier alpha value is -0.120. The van der Waals surface area contributed by atoms with E-state index in [1.54, 1.807) is 0 Å². The smallest absolute Gasteiger partial charge is 0.0557 e. The third kappa shape index (κ3) is 2.83. The zero-order chi connectivity index (χ0) is 12.5. The Bertz CT molecular complexity index is 251. The number of rotatable bonds is 3. The Kier molecular flexibility index (Phi) is 4.11. The molecule has 2 aliphatic heterocycles. The molecule has 3 nitrogen and oxygen atoms in total. The van der Waals surface area contributed by atoms with Crippen LogP contribution >= 0.6 is 0 Å². The summed E-state index contributed by atoms with van der Waals surface area (Å²) >= 11 is 0. The number of nitrogens with zero attached hydrogens (tertiary/aromatic N) is 1. The van der Waals surface area contributed by atoms with Crippen LogP contribution in [0, 0.1) is 17.3 Å². The van der Waals surface area contributed by atoms with Crippen molar-refractivity contribution in [3.05, 3.63) is 0 Å². The number of hydrogen-bond acceptors (Lipinski definition) is 3. The Morgan fingerprint density at radius 2 is 2.12 bits per heavy atom. The summed E-state index contributed by atoms with van der Waals surface area (Å²) in [6.45, 7) is 11.0. The van der Waals surface area contributed by atoms with Gasteiger partial charge in [0.1, 0.15) is 0 Å². The lowest BCUT2D eigenvalue weighted by molar-refractivity contribution is 0.00578. The van der Waals surface area contributed by atoms with E-state index < -0.39 is 0 Å². The number of piperidine rings is 1. The maximum Gasteiger partial charge on any atom is 0.0557 e. The van der Waals surface area contributed by atoms with Crippen molar-refractivity contribution >= 4 is 0 Å². The number of hydrogen-bond donors (Lipinski definition) is 1. The van der Waals surface area contributed by atoms with Gasteiger partial charge in [0.15, 0.2) is 0 Å². The second-order valence-electron chi connectivity index (χ2n) is 6.45. The second kappa shape index (κ2) is 5.25. The molecule has 0 bridgehead atoms. The highest BCUT2D eigenvalue weighted by Crippen LogP contribution is 2.34. The fourth-order valence-electron chi connectivity index (χ4n) is 3.42. The van der Waals surface area contributed by atoms with E-state index in [2.05, 4.69) is 25.7 Å². The molecule has 1 N–H and O–H groups in total. The van der Waals surface area contributed by atoms with E-state index in [-0.39, 0.29) is 12.0 Å². The molecule has 2 heterocycles. The predicted octanol–water partition coefficient (Wildman–Crippen LogP) is 1.75. The first-order chi connectivity index (χ1) is 8.06. The van der Waals surface area contributed by atoms with Gasteiger partial charge in [0.05, 0.1) is 13.2 Å². The summed E-state index contributed by atoms with van der Waals surface area (Å²) in [5, 5.41) is 9.66. The monoisotopic (exact) mass is 241 g/mol. The molecule has 0 radical (unpaired) electrons. The molecule has 4 atom stereocenters. The molecule has 0 spiro atoms. The van der Waals surface area contributed by atoms with Gasteiger partial charge in [0.2, 0.25) is 0 Å². The largest absolute Gasteiger partial charge is 0.396 e. The molecule has 2 rings (SSSR count). The lowest BCUT2D eigenvalue weighted by Crippen LogP contribution is -2.51. The maximum absolute atomic E-state index is 9.66. The third-order valence-corrected chi connectivity index (χ3v) is 4.78. The van der Waals surface area contributed by atoms with Crippen molar-refractivity contribution in [1.82, 2.24) is 4.90 Å². The van der Waals surface area contributed by atoms with E-state index >= 15 is 0 Å². The van der Waals surface area contributed by atoms with E-state index in [0.717, 1.165) is 38.0 Å². The van der Waals surface area contributed by atoms with E-state index in [1.807, 2.05) is 0 Å². The van der Waals surface area contributed by atoms with Crippen molar-refractivity contribution in [2.75, 3.05) is 32.9 Å². The van der Waals surface area contributed by atoms with Crippen molar-refractivity contribution in [3.8, 4) is 0 Å². The number of aliphatic hydroxyl groups is 1. The minimum Gasteiger partial charge on any atom is -0.396 e. The van der Waals surface area contributed by atoms with Gasteiger partial charge in [-0.2, -0.15) is 0 Å². The van der Waals surface area contributed by atoms with Gasteiger partial charge in [-0.05, 0) is 31.6 Å². The highest BCUT2D eigenvalue weighted by atomic mass is 16.5. The van der Waals surface area contributed by atoms with Crippen molar-refractivity contribution in [2.24, 2.45) is 17.3 Å². The van der Waals surface area contributed by atoms with Gasteiger partial charge in [0.25, 0.3) is 0 Å². The minimum atomic E-state index is 0.00500. The molecule has 17 heavy (non-hydrogen) atoms. The first-order valence-electron chi connectivity index (χ1n) is 6.99. The quantitative estimate of drug-likeness (QED) is 0.817. The van der Waals surface area contributed by atoms with Gasteiger partial charge in [0, 0.05) is 31.2 Å². The Balaban J connectivity index is 2.00. The lowest BCUT2D eigenvalue weighted by Gasteiger charge is -2.44. The molecule has 0 aromatic rings. The summed E-state index contributed by atoms with van der Waals surface area (Å²) in [7, 11) is 0. The molecular weight excluding hydrogens is 214 g/mol. The zero-order valence-corrected chi connectivity index (χ0v) is 11.5. The van der Waals surface area contributed by atoms with Gasteiger partial charge in [-0.3, -0.25) is 4.90 Å². The van der Waals surface area contributed by atoms with Crippen molar-refractivity contribution < 1.29 is 9.84 Å². The Morgan fingerprint density at radius 1 is 1.35 bits per heavy atom. The summed E-state index contributed by atoms with van der Waals surface area (Å²) in [6, 6.07) is 0.634. The second-order valence-corrected chi connectivity index (χ2v) is 6.45. The predicted molar refractivity (Wildman–Crippen MR) is 68.9 cm³/mol. The first-order valence-corrected chi connectivity index (χ1v) is 6.99. The fourth-order valence-corrected chi connectivity index (χ4v) is 3.42. The van der Waals surface area contributed by atoms with Gasteiger partial charge in [-0.25, -0.2) is 0 Å². The summed E-state index contributed by atoms with van der Waals surface area (Å²) < 4.78 is 5.50. The summed E-state index contributed by atoms with van der Waals surface area (Å²) in [5.41, 5.74) is 0.00500. The molecule has 2 saturated heterocycles. The number of aliphatic hydroxyl groups excluding tert-OH is 1. The fraction of sp³-hybridized carbons (Fsp3) is 1.00. The van der Waals surface area contributed by atoms with E-state index in [4.69, 9.17) is 4.74 Å². The number of likely N-dealkylation sites (tertiary alicyclic amines) is 1. The van der Waals surface area contributed by atoms with Crippen LogP contribution in [-0.2, 0) is 4.74 Å². The van der Waals surface area contributed by atoms with Crippen LogP contribution in [0.1, 0.15) is 33.6 Å². The topological polar surface area (TPSA) is 32.7 Å². The molecule has 3 heteroatoms. The zero-order valence-electron chi connectivity index (χ0n) is 11.5. The minimum absolute atomic E-state index is 0.00500. The molecular formula is C14H27NO2. The molecule has 2 aliphatic rings. The maximum atomic E-state index is 9.66. The molecule has 0 aromatic heterocycles. The van der Waals surface area contributed by atoms with Crippen LogP contribution in [0.5, 0.6) is 0 Å². The van der Waals surface area contributed by atoms with Crippen LogP contribution in [0.25, 0.3) is 0 Å². The van der Waals surface area contributed by atoms with Gasteiger partial charge >= 0.3 is 0 Å². The molecule has 2 fully saturated rings. The van der Waals surface area contributed by atoms with Crippen molar-refractivity contribution in [2.45, 2.75) is 39.7 Å².